The number of aliphatic hydroxyl groups excluding tert-OH is 2. The van der Waals surface area contributed by atoms with Gasteiger partial charge in [0, 0.05) is 41.7 Å². The summed E-state index contributed by atoms with van der Waals surface area (Å²) in [7, 11) is 1.57. The maximum atomic E-state index is 9.58. The predicted octanol–water partition coefficient (Wildman–Crippen LogP) is 5.22. The van der Waals surface area contributed by atoms with Gasteiger partial charge in [-0.25, -0.2) is 15.0 Å². The maximum absolute atomic E-state index is 9.58. The molecule has 3 aromatic heterocycles. The third-order valence-corrected chi connectivity index (χ3v) is 7.16. The number of hydrogen-bond donors (Lipinski definition) is 4. The van der Waals surface area contributed by atoms with E-state index in [1.54, 1.807) is 13.3 Å². The number of aliphatic hydroxyl groups is 2. The zero-order chi connectivity index (χ0) is 28.9. The minimum absolute atomic E-state index is 0.256. The van der Waals surface area contributed by atoms with E-state index in [1.165, 1.54) is 0 Å². The number of aromatic nitrogens is 4. The van der Waals surface area contributed by atoms with Gasteiger partial charge in [0.05, 0.1) is 36.1 Å². The molecule has 9 nitrogen and oxygen atoms in total. The van der Waals surface area contributed by atoms with Crippen LogP contribution in [0, 0.1) is 13.8 Å². The quantitative estimate of drug-likeness (QED) is 0.179. The van der Waals surface area contributed by atoms with Crippen LogP contribution in [0.3, 0.4) is 0 Å². The van der Waals surface area contributed by atoms with Crippen LogP contribution in [0.4, 0.5) is 11.5 Å². The Kier molecular flexibility index (Phi) is 8.70. The molecule has 0 aliphatic carbocycles. The van der Waals surface area contributed by atoms with Gasteiger partial charge in [-0.3, -0.25) is 4.98 Å². The molecule has 0 aliphatic heterocycles. The number of nitrogens with one attached hydrogen (secondary N) is 2. The lowest BCUT2D eigenvalue weighted by atomic mass is 9.96. The third-order valence-electron chi connectivity index (χ3n) is 6.76. The second kappa shape index (κ2) is 12.6. The van der Waals surface area contributed by atoms with Crippen LogP contribution in [-0.2, 0) is 6.54 Å². The molecule has 3 heterocycles. The standard InChI is InChI=1S/C31H31ClN6O3/c1-18-22(7-5-10-25(18)37-30-29-27(11-6-14-34-29)35-19(2)36-30)23-8-4-9-24(28(23)32)26-13-12-20(31(38-26)41-3)15-33-16-21(40)17-39/h4-14,21,33,39-40H,15-17H2,1-3H3,(H,35,36,37)/t21-/m1/s1. The number of hydrogen-bond acceptors (Lipinski definition) is 9. The van der Waals surface area contributed by atoms with E-state index in [0.717, 1.165) is 39.0 Å². The number of benzene rings is 2. The van der Waals surface area contributed by atoms with Crippen molar-refractivity contribution in [3.05, 3.63) is 88.8 Å². The van der Waals surface area contributed by atoms with E-state index < -0.39 is 6.10 Å². The number of aryl methyl sites for hydroxylation is 1. The SMILES string of the molecule is COc1nc(-c2cccc(-c3cccc(Nc4nc(C)nc5cccnc45)c3C)c2Cl)ccc1CNC[C@@H](O)CO. The smallest absolute Gasteiger partial charge is 0.218 e. The van der Waals surface area contributed by atoms with Gasteiger partial charge in [-0.05, 0) is 49.2 Å². The summed E-state index contributed by atoms with van der Waals surface area (Å²) in [6.07, 6.45) is 0.905. The molecule has 0 unspecified atom stereocenters. The van der Waals surface area contributed by atoms with Crippen LogP contribution in [0.2, 0.25) is 5.02 Å². The zero-order valence-electron chi connectivity index (χ0n) is 23.0. The Balaban J connectivity index is 1.47. The van der Waals surface area contributed by atoms with Crippen LogP contribution >= 0.6 is 11.6 Å². The molecule has 0 amide bonds. The van der Waals surface area contributed by atoms with E-state index in [-0.39, 0.29) is 13.2 Å². The maximum Gasteiger partial charge on any atom is 0.218 e. The molecule has 0 bridgehead atoms. The van der Waals surface area contributed by atoms with Gasteiger partial charge in [0.1, 0.15) is 11.3 Å². The molecule has 0 saturated carbocycles. The van der Waals surface area contributed by atoms with Crippen molar-refractivity contribution in [3.63, 3.8) is 0 Å². The van der Waals surface area contributed by atoms with Crippen molar-refractivity contribution in [1.82, 2.24) is 25.3 Å². The lowest BCUT2D eigenvalue weighted by Crippen LogP contribution is -2.29. The summed E-state index contributed by atoms with van der Waals surface area (Å²) < 4.78 is 5.55. The van der Waals surface area contributed by atoms with E-state index in [2.05, 4.69) is 25.6 Å². The van der Waals surface area contributed by atoms with Gasteiger partial charge in [0.15, 0.2) is 5.82 Å². The molecular formula is C31H31ClN6O3. The number of rotatable bonds is 10. The molecule has 0 fully saturated rings. The first-order chi connectivity index (χ1) is 19.9. The number of halogens is 1. The molecular weight excluding hydrogens is 540 g/mol. The van der Waals surface area contributed by atoms with Crippen LogP contribution in [0.1, 0.15) is 17.0 Å². The fraction of sp³-hybridized carbons (Fsp3) is 0.226. The van der Waals surface area contributed by atoms with Crippen molar-refractivity contribution in [1.29, 1.82) is 0 Å². The average molecular weight is 571 g/mol. The highest BCUT2D eigenvalue weighted by atomic mass is 35.5. The molecule has 41 heavy (non-hydrogen) atoms. The van der Waals surface area contributed by atoms with Crippen molar-refractivity contribution < 1.29 is 14.9 Å². The largest absolute Gasteiger partial charge is 0.481 e. The Bertz CT molecular complexity index is 1700. The fourth-order valence-corrected chi connectivity index (χ4v) is 4.99. The van der Waals surface area contributed by atoms with Gasteiger partial charge >= 0.3 is 0 Å². The van der Waals surface area contributed by atoms with Gasteiger partial charge < -0.3 is 25.6 Å². The summed E-state index contributed by atoms with van der Waals surface area (Å²) in [5.74, 6) is 1.76. The van der Waals surface area contributed by atoms with E-state index in [1.807, 2.05) is 74.5 Å². The predicted molar refractivity (Wildman–Crippen MR) is 162 cm³/mol. The molecule has 0 aliphatic rings. The first-order valence-corrected chi connectivity index (χ1v) is 13.6. The Labute approximate surface area is 243 Å². The zero-order valence-corrected chi connectivity index (χ0v) is 23.8. The molecule has 4 N–H and O–H groups in total. The molecule has 0 radical (unpaired) electrons. The van der Waals surface area contributed by atoms with Crippen LogP contribution in [0.5, 0.6) is 5.88 Å². The van der Waals surface area contributed by atoms with Crippen LogP contribution in [0.15, 0.2) is 66.9 Å². The summed E-state index contributed by atoms with van der Waals surface area (Å²) in [5, 5.41) is 25.7. The number of pyridine rings is 2. The van der Waals surface area contributed by atoms with E-state index in [9.17, 15) is 5.11 Å². The second-order valence-electron chi connectivity index (χ2n) is 9.59. The molecule has 210 valence electrons. The monoisotopic (exact) mass is 570 g/mol. The number of ether oxygens (including phenoxy) is 1. The number of nitrogens with zero attached hydrogens (tertiary/aromatic N) is 4. The Morgan fingerprint density at radius 1 is 0.927 bits per heavy atom. The van der Waals surface area contributed by atoms with Crippen molar-refractivity contribution in [2.45, 2.75) is 26.5 Å². The van der Waals surface area contributed by atoms with E-state index in [4.69, 9.17) is 26.4 Å². The van der Waals surface area contributed by atoms with E-state index in [0.29, 0.717) is 40.3 Å². The summed E-state index contributed by atoms with van der Waals surface area (Å²) in [6, 6.07) is 19.5. The van der Waals surface area contributed by atoms with Crippen LogP contribution < -0.4 is 15.4 Å². The molecule has 0 saturated heterocycles. The molecule has 0 spiro atoms. The van der Waals surface area contributed by atoms with Crippen molar-refractivity contribution in [2.24, 2.45) is 0 Å². The minimum atomic E-state index is -0.826. The normalized spacial score (nSPS) is 12.0. The van der Waals surface area contributed by atoms with Gasteiger partial charge in [0.25, 0.3) is 0 Å². The summed E-state index contributed by atoms with van der Waals surface area (Å²) in [6.45, 7) is 4.28. The highest BCUT2D eigenvalue weighted by Gasteiger charge is 2.17. The number of anilines is 2. The van der Waals surface area contributed by atoms with Crippen molar-refractivity contribution in [3.8, 4) is 28.3 Å². The summed E-state index contributed by atoms with van der Waals surface area (Å²) in [4.78, 5) is 18.3. The number of fused-ring (bicyclic) bond motifs is 1. The molecule has 10 heteroatoms. The van der Waals surface area contributed by atoms with Crippen molar-refractivity contribution >= 4 is 34.1 Å². The van der Waals surface area contributed by atoms with Gasteiger partial charge in [-0.1, -0.05) is 48.0 Å². The minimum Gasteiger partial charge on any atom is -0.481 e. The molecule has 2 aromatic carbocycles. The third kappa shape index (κ3) is 6.13. The van der Waals surface area contributed by atoms with E-state index >= 15 is 0 Å². The Morgan fingerprint density at radius 2 is 1.71 bits per heavy atom. The Morgan fingerprint density at radius 3 is 2.51 bits per heavy atom. The highest BCUT2D eigenvalue weighted by molar-refractivity contribution is 6.36. The molecule has 5 rings (SSSR count). The lowest BCUT2D eigenvalue weighted by Gasteiger charge is -2.17. The van der Waals surface area contributed by atoms with Crippen LogP contribution in [0.25, 0.3) is 33.4 Å². The second-order valence-corrected chi connectivity index (χ2v) is 9.97. The first kappa shape index (κ1) is 28.4. The average Bonchev–Trinajstić information content (AvgIpc) is 2.98. The lowest BCUT2D eigenvalue weighted by molar-refractivity contribution is 0.0941. The first-order valence-electron chi connectivity index (χ1n) is 13.2. The summed E-state index contributed by atoms with van der Waals surface area (Å²) in [5.41, 5.74) is 7.49. The molecule has 5 aromatic rings. The Hall–Kier alpha value is -4.15. The highest BCUT2D eigenvalue weighted by Crippen LogP contribution is 2.39. The van der Waals surface area contributed by atoms with Crippen LogP contribution in [-0.4, -0.2) is 56.5 Å². The summed E-state index contributed by atoms with van der Waals surface area (Å²) >= 11 is 7.04. The van der Waals surface area contributed by atoms with Gasteiger partial charge in [-0.15, -0.1) is 0 Å². The molecule has 1 atom stereocenters. The fourth-order valence-electron chi connectivity index (χ4n) is 4.67. The van der Waals surface area contributed by atoms with Crippen molar-refractivity contribution in [2.75, 3.05) is 25.6 Å². The topological polar surface area (TPSA) is 125 Å². The number of methoxy groups -OCH3 is 1. The van der Waals surface area contributed by atoms with Gasteiger partial charge in [0.2, 0.25) is 5.88 Å². The van der Waals surface area contributed by atoms with Gasteiger partial charge in [-0.2, -0.15) is 0 Å².